The normalized spacial score (nSPS) is 12.5. The van der Waals surface area contributed by atoms with Gasteiger partial charge in [-0.15, -0.1) is 22.7 Å². The van der Waals surface area contributed by atoms with Gasteiger partial charge in [-0.05, 0) is 79.5 Å². The summed E-state index contributed by atoms with van der Waals surface area (Å²) in [6.07, 6.45) is 0. The SMILES string of the molecule is Oc1c(O)c2c3cc4sccc4cc3c1c1cc3ccsc3cc12. The zero-order valence-corrected chi connectivity index (χ0v) is 14.0. The van der Waals surface area contributed by atoms with Gasteiger partial charge in [0.1, 0.15) is 0 Å². The highest BCUT2D eigenvalue weighted by atomic mass is 32.1. The molecule has 0 aliphatic rings. The van der Waals surface area contributed by atoms with E-state index in [4.69, 9.17) is 0 Å². The molecule has 0 amide bonds. The van der Waals surface area contributed by atoms with Crippen LogP contribution in [0.5, 0.6) is 11.5 Å². The molecule has 4 heteroatoms. The molecule has 2 nitrogen and oxygen atoms in total. The Labute approximate surface area is 144 Å². The minimum absolute atomic E-state index is 0.00295. The zero-order valence-electron chi connectivity index (χ0n) is 12.3. The van der Waals surface area contributed by atoms with Crippen LogP contribution in [0.15, 0.2) is 47.2 Å². The first-order valence-corrected chi connectivity index (χ1v) is 9.39. The van der Waals surface area contributed by atoms with E-state index in [1.807, 2.05) is 0 Å². The molecule has 0 aliphatic carbocycles. The van der Waals surface area contributed by atoms with E-state index in [-0.39, 0.29) is 11.5 Å². The number of hydrogen-bond acceptors (Lipinski definition) is 4. The molecular formula is C20H10O2S2. The lowest BCUT2D eigenvalue weighted by Crippen LogP contribution is -1.88. The summed E-state index contributed by atoms with van der Waals surface area (Å²) in [5.41, 5.74) is 0. The van der Waals surface area contributed by atoms with E-state index in [0.717, 1.165) is 32.3 Å². The number of hydrogen-bond donors (Lipinski definition) is 2. The van der Waals surface area contributed by atoms with Crippen molar-refractivity contribution >= 4 is 75.2 Å². The molecule has 0 atom stereocenters. The van der Waals surface area contributed by atoms with Crippen LogP contribution in [0.2, 0.25) is 0 Å². The summed E-state index contributed by atoms with van der Waals surface area (Å²) in [5, 5.41) is 33.2. The lowest BCUT2D eigenvalue weighted by atomic mass is 9.89. The van der Waals surface area contributed by atoms with Crippen LogP contribution < -0.4 is 0 Å². The first kappa shape index (κ1) is 12.8. The molecule has 0 spiro atoms. The van der Waals surface area contributed by atoms with Crippen molar-refractivity contribution < 1.29 is 10.2 Å². The van der Waals surface area contributed by atoms with Gasteiger partial charge in [-0.3, -0.25) is 0 Å². The van der Waals surface area contributed by atoms with Crippen LogP contribution in [0, 0.1) is 0 Å². The Kier molecular flexibility index (Phi) is 2.19. The third-order valence-corrected chi connectivity index (χ3v) is 6.72. The number of phenolic OH excluding ortho intramolecular Hbond substituents is 2. The maximum atomic E-state index is 10.6. The maximum Gasteiger partial charge on any atom is 0.166 e. The maximum absolute atomic E-state index is 10.6. The Hall–Kier alpha value is -2.56. The average Bonchev–Trinajstić information content (AvgIpc) is 3.21. The van der Waals surface area contributed by atoms with Crippen molar-refractivity contribution in [2.75, 3.05) is 0 Å². The molecule has 0 aliphatic heterocycles. The Morgan fingerprint density at radius 2 is 1.00 bits per heavy atom. The van der Waals surface area contributed by atoms with Crippen LogP contribution in [0.25, 0.3) is 52.5 Å². The highest BCUT2D eigenvalue weighted by molar-refractivity contribution is 7.17. The van der Waals surface area contributed by atoms with E-state index >= 15 is 0 Å². The van der Waals surface area contributed by atoms with Gasteiger partial charge in [-0.25, -0.2) is 0 Å². The van der Waals surface area contributed by atoms with E-state index in [1.54, 1.807) is 22.7 Å². The molecule has 0 saturated carbocycles. The highest BCUT2D eigenvalue weighted by Gasteiger charge is 2.22. The Morgan fingerprint density at radius 3 is 1.46 bits per heavy atom. The van der Waals surface area contributed by atoms with Crippen molar-refractivity contribution in [1.29, 1.82) is 0 Å². The average molecular weight is 346 g/mol. The lowest BCUT2D eigenvalue weighted by Gasteiger charge is -2.17. The highest BCUT2D eigenvalue weighted by Crippen LogP contribution is 2.52. The minimum Gasteiger partial charge on any atom is -0.504 e. The van der Waals surface area contributed by atoms with Crippen LogP contribution in [-0.2, 0) is 0 Å². The third kappa shape index (κ3) is 1.37. The molecule has 2 heterocycles. The summed E-state index contributed by atoms with van der Waals surface area (Å²) in [7, 11) is 0. The second-order valence-corrected chi connectivity index (χ2v) is 8.06. The summed E-state index contributed by atoms with van der Waals surface area (Å²) in [6.45, 7) is 0. The first-order chi connectivity index (χ1) is 11.7. The van der Waals surface area contributed by atoms with E-state index in [1.165, 1.54) is 20.2 Å². The molecule has 2 bridgehead atoms. The fourth-order valence-electron chi connectivity index (χ4n) is 3.88. The van der Waals surface area contributed by atoms with Crippen molar-refractivity contribution in [2.24, 2.45) is 0 Å². The summed E-state index contributed by atoms with van der Waals surface area (Å²) in [5.74, 6) is -0.00836. The first-order valence-electron chi connectivity index (χ1n) is 7.63. The zero-order chi connectivity index (χ0) is 16.0. The predicted octanol–water partition coefficient (Wildman–Crippen LogP) is 6.42. The Bertz CT molecular complexity index is 1220. The molecule has 24 heavy (non-hydrogen) atoms. The van der Waals surface area contributed by atoms with Crippen molar-refractivity contribution in [1.82, 2.24) is 0 Å². The van der Waals surface area contributed by atoms with Gasteiger partial charge in [0.05, 0.1) is 0 Å². The van der Waals surface area contributed by atoms with Gasteiger partial charge >= 0.3 is 0 Å². The molecule has 0 saturated heterocycles. The molecule has 2 N–H and O–H groups in total. The third-order valence-electron chi connectivity index (χ3n) is 4.96. The van der Waals surface area contributed by atoms with Crippen LogP contribution >= 0.6 is 22.7 Å². The summed E-state index contributed by atoms with van der Waals surface area (Å²) >= 11 is 3.39. The van der Waals surface area contributed by atoms with Crippen LogP contribution in [0.3, 0.4) is 0 Å². The van der Waals surface area contributed by atoms with Crippen LogP contribution in [-0.4, -0.2) is 10.2 Å². The second-order valence-electron chi connectivity index (χ2n) is 6.16. The van der Waals surface area contributed by atoms with Gasteiger partial charge in [0.15, 0.2) is 11.5 Å². The van der Waals surface area contributed by atoms with Crippen molar-refractivity contribution in [3.63, 3.8) is 0 Å². The monoisotopic (exact) mass is 346 g/mol. The standard InChI is InChI=1S/C20H10O2S2/c21-19-17-11-5-9-1-3-23-15(9)7-13(11)18(20(19)22)14-8-16-10(2-4-24-16)6-12(14)17/h1-8,21-22H. The number of phenols is 4. The fourth-order valence-corrected chi connectivity index (χ4v) is 5.50. The van der Waals surface area contributed by atoms with E-state index < -0.39 is 0 Å². The van der Waals surface area contributed by atoms with E-state index in [9.17, 15) is 10.2 Å². The number of thiophene rings is 2. The van der Waals surface area contributed by atoms with Gasteiger partial charge in [0.2, 0.25) is 0 Å². The second kappa shape index (κ2) is 4.09. The lowest BCUT2D eigenvalue weighted by molar-refractivity contribution is 0.412. The van der Waals surface area contributed by atoms with Gasteiger partial charge in [-0.2, -0.15) is 0 Å². The topological polar surface area (TPSA) is 40.5 Å². The van der Waals surface area contributed by atoms with Crippen molar-refractivity contribution in [2.45, 2.75) is 0 Å². The van der Waals surface area contributed by atoms with Gasteiger partial charge in [-0.1, -0.05) is 0 Å². The molecule has 2 aromatic heterocycles. The molecule has 5 aromatic carbocycles. The summed E-state index contributed by atoms with van der Waals surface area (Å²) in [4.78, 5) is 0. The van der Waals surface area contributed by atoms with E-state index in [0.29, 0.717) is 0 Å². The molecule has 7 aromatic rings. The molecule has 0 unspecified atom stereocenters. The molecule has 0 radical (unpaired) electrons. The summed E-state index contributed by atoms with van der Waals surface area (Å²) in [6, 6.07) is 12.7. The smallest absolute Gasteiger partial charge is 0.166 e. The molecule has 7 rings (SSSR count). The quantitative estimate of drug-likeness (QED) is 0.246. The van der Waals surface area contributed by atoms with E-state index in [2.05, 4.69) is 47.2 Å². The molecular weight excluding hydrogens is 336 g/mol. The number of benzene rings is 5. The number of rotatable bonds is 0. The largest absolute Gasteiger partial charge is 0.504 e. The Balaban J connectivity index is 2.02. The van der Waals surface area contributed by atoms with Crippen LogP contribution in [0.1, 0.15) is 0 Å². The van der Waals surface area contributed by atoms with Crippen molar-refractivity contribution in [3.05, 3.63) is 47.2 Å². The minimum atomic E-state index is -0.00541. The van der Waals surface area contributed by atoms with Crippen molar-refractivity contribution in [3.8, 4) is 11.5 Å². The fraction of sp³-hybridized carbons (Fsp3) is 0. The number of fused-ring (bicyclic) bond motifs is 3. The van der Waals surface area contributed by atoms with Gasteiger partial charge in [0.25, 0.3) is 0 Å². The van der Waals surface area contributed by atoms with Gasteiger partial charge < -0.3 is 10.2 Å². The Morgan fingerprint density at radius 1 is 0.583 bits per heavy atom. The molecule has 0 fully saturated rings. The summed E-state index contributed by atoms with van der Waals surface area (Å²) < 4.78 is 2.39. The predicted molar refractivity (Wildman–Crippen MR) is 104 cm³/mol. The number of aromatic hydroxyl groups is 2. The van der Waals surface area contributed by atoms with Gasteiger partial charge in [0, 0.05) is 20.2 Å². The van der Waals surface area contributed by atoms with Crippen LogP contribution in [0.4, 0.5) is 0 Å². The molecule has 114 valence electrons.